The van der Waals surface area contributed by atoms with Gasteiger partial charge in [0.2, 0.25) is 5.91 Å². The fourth-order valence-electron chi connectivity index (χ4n) is 2.97. The molecule has 3 heterocycles. The first-order chi connectivity index (χ1) is 13.3. The number of nitrogens with two attached hydrogens (primary N) is 1. The summed E-state index contributed by atoms with van der Waals surface area (Å²) in [6.07, 6.45) is 0.702. The van der Waals surface area contributed by atoms with E-state index in [9.17, 15) is 9.59 Å². The molecule has 0 saturated heterocycles. The van der Waals surface area contributed by atoms with Gasteiger partial charge in [0.15, 0.2) is 5.16 Å². The molecule has 3 rings (SSSR count). The molecule has 0 unspecified atom stereocenters. The highest BCUT2D eigenvalue weighted by Crippen LogP contribution is 2.22. The summed E-state index contributed by atoms with van der Waals surface area (Å²) in [7, 11) is 0. The van der Waals surface area contributed by atoms with Crippen molar-refractivity contribution in [1.82, 2.24) is 24.1 Å². The number of carbonyl (C=O) groups excluding carboxylic acids is 1. The number of nitrogens with zero attached hydrogens (tertiary/aromatic N) is 5. The predicted octanol–water partition coefficient (Wildman–Crippen LogP) is 1.96. The van der Waals surface area contributed by atoms with Gasteiger partial charge in [0.1, 0.15) is 11.5 Å². The van der Waals surface area contributed by atoms with Gasteiger partial charge in [-0.1, -0.05) is 31.7 Å². The maximum Gasteiger partial charge on any atom is 0.258 e. The third-order valence-electron chi connectivity index (χ3n) is 4.22. The number of aryl methyl sites for hydroxylation is 2. The molecule has 0 saturated carbocycles. The lowest BCUT2D eigenvalue weighted by atomic mass is 10.2. The first-order valence-electron chi connectivity index (χ1n) is 9.16. The van der Waals surface area contributed by atoms with Gasteiger partial charge in [-0.2, -0.15) is 0 Å². The Hall–Kier alpha value is -2.68. The van der Waals surface area contributed by atoms with Gasteiger partial charge in [-0.15, -0.1) is 10.2 Å². The molecule has 9 heteroatoms. The third kappa shape index (κ3) is 4.59. The van der Waals surface area contributed by atoms with Crippen molar-refractivity contribution >= 4 is 23.3 Å². The van der Waals surface area contributed by atoms with Crippen LogP contribution in [0.25, 0.3) is 5.65 Å². The fraction of sp³-hybridized carbons (Fsp3) is 0.421. The van der Waals surface area contributed by atoms with Gasteiger partial charge in [-0.25, -0.2) is 4.98 Å². The smallest absolute Gasteiger partial charge is 0.258 e. The van der Waals surface area contributed by atoms with Gasteiger partial charge >= 0.3 is 0 Å². The van der Waals surface area contributed by atoms with Crippen LogP contribution in [0, 0.1) is 12.8 Å². The highest BCUT2D eigenvalue weighted by atomic mass is 32.2. The van der Waals surface area contributed by atoms with Crippen molar-refractivity contribution in [2.75, 3.05) is 0 Å². The molecule has 148 valence electrons. The number of rotatable bonds is 8. The van der Waals surface area contributed by atoms with E-state index >= 15 is 0 Å². The molecule has 28 heavy (non-hydrogen) atoms. The standard InChI is InChI=1S/C19H24N6O2S/c1-12(2)10-24-17(8-7-15(20)26)22-23-19(24)28-11-14-9-18(27)25-13(3)5-4-6-16(25)21-14/h4-6,9,12H,7-8,10-11H2,1-3H3,(H2,20,26). The number of fused-ring (bicyclic) bond motifs is 1. The molecule has 0 aliphatic rings. The summed E-state index contributed by atoms with van der Waals surface area (Å²) in [6, 6.07) is 7.15. The van der Waals surface area contributed by atoms with Crippen LogP contribution in [-0.2, 0) is 23.5 Å². The van der Waals surface area contributed by atoms with E-state index < -0.39 is 0 Å². The van der Waals surface area contributed by atoms with Crippen molar-refractivity contribution in [2.24, 2.45) is 11.7 Å². The van der Waals surface area contributed by atoms with Crippen molar-refractivity contribution in [3.05, 3.63) is 51.8 Å². The number of hydrogen-bond acceptors (Lipinski definition) is 6. The second kappa shape index (κ2) is 8.55. The molecule has 0 spiro atoms. The second-order valence-electron chi connectivity index (χ2n) is 7.10. The van der Waals surface area contributed by atoms with Crippen LogP contribution in [0.3, 0.4) is 0 Å². The second-order valence-corrected chi connectivity index (χ2v) is 8.05. The molecule has 2 N–H and O–H groups in total. The van der Waals surface area contributed by atoms with Crippen molar-refractivity contribution in [1.29, 1.82) is 0 Å². The van der Waals surface area contributed by atoms with Crippen molar-refractivity contribution in [2.45, 2.75) is 51.1 Å². The number of hydrogen-bond donors (Lipinski definition) is 1. The van der Waals surface area contributed by atoms with E-state index in [4.69, 9.17) is 5.73 Å². The van der Waals surface area contributed by atoms with Gasteiger partial charge in [0.05, 0.1) is 5.69 Å². The Morgan fingerprint density at radius 1 is 1.29 bits per heavy atom. The van der Waals surface area contributed by atoms with E-state index in [1.807, 2.05) is 29.7 Å². The number of pyridine rings is 1. The summed E-state index contributed by atoms with van der Waals surface area (Å²) in [6.45, 7) is 6.85. The van der Waals surface area contributed by atoms with Gasteiger partial charge < -0.3 is 10.3 Å². The summed E-state index contributed by atoms with van der Waals surface area (Å²) in [5, 5.41) is 9.25. The number of thioether (sulfide) groups is 1. The maximum atomic E-state index is 12.4. The van der Waals surface area contributed by atoms with Crippen LogP contribution < -0.4 is 11.3 Å². The summed E-state index contributed by atoms with van der Waals surface area (Å²) >= 11 is 1.48. The SMILES string of the molecule is Cc1cccc2nc(CSc3nnc(CCC(N)=O)n3CC(C)C)cc(=O)n12. The van der Waals surface area contributed by atoms with Crippen molar-refractivity contribution in [3.8, 4) is 0 Å². The Balaban J connectivity index is 1.83. The number of aromatic nitrogens is 5. The summed E-state index contributed by atoms with van der Waals surface area (Å²) in [5.41, 5.74) is 7.35. The minimum absolute atomic E-state index is 0.0931. The fourth-order valence-corrected chi connectivity index (χ4v) is 3.83. The number of amides is 1. The summed E-state index contributed by atoms with van der Waals surface area (Å²) < 4.78 is 3.62. The zero-order valence-corrected chi connectivity index (χ0v) is 17.1. The van der Waals surface area contributed by atoms with Crippen LogP contribution in [0.5, 0.6) is 0 Å². The van der Waals surface area contributed by atoms with Crippen LogP contribution in [0.2, 0.25) is 0 Å². The number of carbonyl (C=O) groups is 1. The largest absolute Gasteiger partial charge is 0.370 e. The topological polar surface area (TPSA) is 108 Å². The van der Waals surface area contributed by atoms with Gasteiger partial charge in [0, 0.05) is 36.9 Å². The zero-order valence-electron chi connectivity index (χ0n) is 16.3. The predicted molar refractivity (Wildman–Crippen MR) is 108 cm³/mol. The molecular weight excluding hydrogens is 376 g/mol. The van der Waals surface area contributed by atoms with Crippen LogP contribution in [0.4, 0.5) is 0 Å². The lowest BCUT2D eigenvalue weighted by molar-refractivity contribution is -0.118. The quantitative estimate of drug-likeness (QED) is 0.579. The van der Waals surface area contributed by atoms with Crippen molar-refractivity contribution in [3.63, 3.8) is 0 Å². The lowest BCUT2D eigenvalue weighted by Gasteiger charge is -2.12. The average molecular weight is 401 g/mol. The molecule has 3 aromatic rings. The van der Waals surface area contributed by atoms with Gasteiger partial charge in [-0.05, 0) is 25.0 Å². The van der Waals surface area contributed by atoms with E-state index in [1.54, 1.807) is 10.5 Å². The summed E-state index contributed by atoms with van der Waals surface area (Å²) in [4.78, 5) is 28.1. The zero-order chi connectivity index (χ0) is 20.3. The van der Waals surface area contributed by atoms with E-state index in [0.29, 0.717) is 29.4 Å². The normalized spacial score (nSPS) is 11.4. The minimum Gasteiger partial charge on any atom is -0.370 e. The molecule has 8 nitrogen and oxygen atoms in total. The first kappa shape index (κ1) is 20.1. The maximum absolute atomic E-state index is 12.4. The molecule has 0 bridgehead atoms. The highest BCUT2D eigenvalue weighted by molar-refractivity contribution is 7.98. The molecule has 0 atom stereocenters. The molecule has 0 fully saturated rings. The van der Waals surface area contributed by atoms with Crippen LogP contribution in [0.1, 0.15) is 37.5 Å². The molecule has 3 aromatic heterocycles. The minimum atomic E-state index is -0.357. The lowest BCUT2D eigenvalue weighted by Crippen LogP contribution is -2.17. The molecule has 1 amide bonds. The van der Waals surface area contributed by atoms with Gasteiger partial charge in [-0.3, -0.25) is 14.0 Å². The Labute approximate surface area is 167 Å². The average Bonchev–Trinajstić information content (AvgIpc) is 2.99. The molecule has 0 aliphatic heterocycles. The van der Waals surface area contributed by atoms with E-state index in [1.165, 1.54) is 11.8 Å². The van der Waals surface area contributed by atoms with Gasteiger partial charge in [0.25, 0.3) is 5.56 Å². The molecule has 0 aliphatic carbocycles. The van der Waals surface area contributed by atoms with E-state index in [-0.39, 0.29) is 17.9 Å². The third-order valence-corrected chi connectivity index (χ3v) is 5.22. The summed E-state index contributed by atoms with van der Waals surface area (Å²) in [5.74, 6) is 1.29. The molecule has 0 aromatic carbocycles. The monoisotopic (exact) mass is 400 g/mol. The highest BCUT2D eigenvalue weighted by Gasteiger charge is 2.15. The van der Waals surface area contributed by atoms with E-state index in [2.05, 4.69) is 29.0 Å². The Bertz CT molecular complexity index is 1060. The Morgan fingerprint density at radius 2 is 2.07 bits per heavy atom. The molecule has 0 radical (unpaired) electrons. The van der Waals surface area contributed by atoms with Crippen LogP contribution in [-0.4, -0.2) is 30.1 Å². The van der Waals surface area contributed by atoms with Crippen molar-refractivity contribution < 1.29 is 4.79 Å². The Morgan fingerprint density at radius 3 is 2.79 bits per heavy atom. The molecular formula is C19H24N6O2S. The first-order valence-corrected chi connectivity index (χ1v) is 10.1. The van der Waals surface area contributed by atoms with Crippen LogP contribution in [0.15, 0.2) is 34.2 Å². The number of primary amides is 1. The van der Waals surface area contributed by atoms with Crippen LogP contribution >= 0.6 is 11.8 Å². The van der Waals surface area contributed by atoms with E-state index in [0.717, 1.165) is 23.2 Å². The Kier molecular flexibility index (Phi) is 6.13.